The van der Waals surface area contributed by atoms with Crippen molar-refractivity contribution in [2.75, 3.05) is 13.7 Å². The van der Waals surface area contributed by atoms with Crippen LogP contribution >= 0.6 is 15.9 Å². The zero-order chi connectivity index (χ0) is 15.3. The van der Waals surface area contributed by atoms with Crippen LogP contribution in [0, 0.1) is 0 Å². The van der Waals surface area contributed by atoms with Gasteiger partial charge in [0.2, 0.25) is 10.0 Å². The zero-order valence-corrected chi connectivity index (χ0v) is 13.5. The van der Waals surface area contributed by atoms with Gasteiger partial charge >= 0.3 is 5.97 Å². The van der Waals surface area contributed by atoms with Crippen molar-refractivity contribution in [1.82, 2.24) is 4.72 Å². The van der Waals surface area contributed by atoms with Crippen molar-refractivity contribution in [1.29, 1.82) is 0 Å². The summed E-state index contributed by atoms with van der Waals surface area (Å²) in [4.78, 5) is 10.8. The molecular weight excluding hydrogens is 350 g/mol. The number of carboxylic acids is 1. The topological polar surface area (TPSA) is 92.7 Å². The Balaban J connectivity index is 2.95. The van der Waals surface area contributed by atoms with E-state index in [1.54, 1.807) is 0 Å². The van der Waals surface area contributed by atoms with Crippen molar-refractivity contribution in [3.63, 3.8) is 0 Å². The molecule has 1 atom stereocenters. The second-order valence-electron chi connectivity index (χ2n) is 4.07. The Labute approximate surface area is 126 Å². The van der Waals surface area contributed by atoms with Crippen LogP contribution in [0.4, 0.5) is 0 Å². The Morgan fingerprint density at radius 3 is 2.60 bits per heavy atom. The third-order valence-corrected chi connectivity index (χ3v) is 5.16. The normalized spacial score (nSPS) is 13.2. The molecule has 0 amide bonds. The molecular formula is C12H16BrNO5S. The molecule has 0 saturated carbocycles. The number of hydrogen-bond donors (Lipinski definition) is 2. The fourth-order valence-electron chi connectivity index (χ4n) is 1.53. The molecule has 1 unspecified atom stereocenters. The van der Waals surface area contributed by atoms with Crippen molar-refractivity contribution < 1.29 is 23.1 Å². The van der Waals surface area contributed by atoms with Crippen LogP contribution in [0.25, 0.3) is 0 Å². The van der Waals surface area contributed by atoms with Gasteiger partial charge in [0.25, 0.3) is 0 Å². The number of nitrogens with one attached hydrogen (secondary N) is 1. The number of rotatable bonds is 7. The van der Waals surface area contributed by atoms with E-state index in [1.807, 2.05) is 6.92 Å². The summed E-state index contributed by atoms with van der Waals surface area (Å²) in [5.41, 5.74) is 0.0131. The highest BCUT2D eigenvalue weighted by atomic mass is 79.9. The molecule has 0 bridgehead atoms. The molecule has 1 rings (SSSR count). The molecule has 112 valence electrons. The molecule has 0 heterocycles. The minimum Gasteiger partial charge on any atom is -0.478 e. The van der Waals surface area contributed by atoms with Crippen LogP contribution in [0.3, 0.4) is 0 Å². The summed E-state index contributed by atoms with van der Waals surface area (Å²) in [6, 6.07) is 3.75. The van der Waals surface area contributed by atoms with Gasteiger partial charge in [0.1, 0.15) is 0 Å². The van der Waals surface area contributed by atoms with E-state index in [1.165, 1.54) is 25.3 Å². The summed E-state index contributed by atoms with van der Waals surface area (Å²) >= 11 is 3.08. The lowest BCUT2D eigenvalue weighted by molar-refractivity contribution is 0.0696. The molecule has 1 aromatic rings. The third-order valence-electron chi connectivity index (χ3n) is 2.76. The number of aromatic carboxylic acids is 1. The quantitative estimate of drug-likeness (QED) is 0.768. The number of benzene rings is 1. The summed E-state index contributed by atoms with van der Waals surface area (Å²) in [7, 11) is -2.20. The Hall–Kier alpha value is -0.960. The van der Waals surface area contributed by atoms with Gasteiger partial charge in [-0.05, 0) is 40.5 Å². The molecule has 0 radical (unpaired) electrons. The maximum atomic E-state index is 12.1. The first-order valence-electron chi connectivity index (χ1n) is 5.87. The van der Waals surface area contributed by atoms with E-state index in [4.69, 9.17) is 9.84 Å². The molecule has 0 aliphatic carbocycles. The summed E-state index contributed by atoms with van der Waals surface area (Å²) in [5.74, 6) is -1.12. The molecule has 0 fully saturated rings. The van der Waals surface area contributed by atoms with Crippen molar-refractivity contribution in [2.24, 2.45) is 0 Å². The molecule has 2 N–H and O–H groups in total. The minimum absolute atomic E-state index is 0.00606. The molecule has 0 aliphatic heterocycles. The monoisotopic (exact) mass is 365 g/mol. The van der Waals surface area contributed by atoms with Crippen LogP contribution in [-0.4, -0.2) is 39.3 Å². The van der Waals surface area contributed by atoms with Crippen molar-refractivity contribution in [2.45, 2.75) is 24.3 Å². The lowest BCUT2D eigenvalue weighted by Gasteiger charge is -2.14. The largest absolute Gasteiger partial charge is 0.478 e. The van der Waals surface area contributed by atoms with Crippen LogP contribution in [0.5, 0.6) is 0 Å². The van der Waals surface area contributed by atoms with Gasteiger partial charge in [-0.15, -0.1) is 0 Å². The van der Waals surface area contributed by atoms with Crippen molar-refractivity contribution in [3.05, 3.63) is 28.2 Å². The van der Waals surface area contributed by atoms with Crippen LogP contribution in [0.1, 0.15) is 23.7 Å². The number of methoxy groups -OCH3 is 1. The molecule has 0 aromatic heterocycles. The molecule has 1 aromatic carbocycles. The van der Waals surface area contributed by atoms with E-state index in [0.717, 1.165) is 0 Å². The van der Waals surface area contributed by atoms with Gasteiger partial charge in [0.15, 0.2) is 0 Å². The Morgan fingerprint density at radius 1 is 1.50 bits per heavy atom. The number of sulfonamides is 1. The summed E-state index contributed by atoms with van der Waals surface area (Å²) in [6.07, 6.45) is 0.472. The number of carboxylic acid groups (broad SMARTS) is 1. The highest BCUT2D eigenvalue weighted by molar-refractivity contribution is 9.10. The first-order valence-corrected chi connectivity index (χ1v) is 8.14. The Kier molecular flexibility index (Phi) is 6.12. The number of hydrogen-bond acceptors (Lipinski definition) is 4. The summed E-state index contributed by atoms with van der Waals surface area (Å²) in [6.45, 7) is 2.04. The van der Waals surface area contributed by atoms with E-state index >= 15 is 0 Å². The van der Waals surface area contributed by atoms with Gasteiger partial charge in [-0.1, -0.05) is 6.92 Å². The first-order chi connectivity index (χ1) is 9.31. The average Bonchev–Trinajstić information content (AvgIpc) is 2.39. The highest BCUT2D eigenvalue weighted by Gasteiger charge is 2.20. The molecule has 8 heteroatoms. The molecule has 0 saturated heterocycles. The fraction of sp³-hybridized carbons (Fsp3) is 0.417. The second kappa shape index (κ2) is 7.16. The first kappa shape index (κ1) is 17.1. The number of carbonyl (C=O) groups is 1. The van der Waals surface area contributed by atoms with E-state index in [2.05, 4.69) is 20.7 Å². The Bertz CT molecular complexity index is 584. The van der Waals surface area contributed by atoms with Crippen LogP contribution in [-0.2, 0) is 14.8 Å². The van der Waals surface area contributed by atoms with Crippen molar-refractivity contribution in [3.8, 4) is 0 Å². The van der Waals surface area contributed by atoms with Crippen LogP contribution in [0.15, 0.2) is 27.6 Å². The summed E-state index contributed by atoms with van der Waals surface area (Å²) in [5, 5.41) is 8.84. The maximum absolute atomic E-state index is 12.1. The van der Waals surface area contributed by atoms with Crippen LogP contribution in [0.2, 0.25) is 0 Å². The van der Waals surface area contributed by atoms with E-state index < -0.39 is 16.0 Å². The predicted molar refractivity (Wildman–Crippen MR) is 77.4 cm³/mol. The van der Waals surface area contributed by atoms with E-state index in [0.29, 0.717) is 6.42 Å². The zero-order valence-electron chi connectivity index (χ0n) is 11.1. The molecule has 20 heavy (non-hydrogen) atoms. The molecule has 0 aliphatic rings. The predicted octanol–water partition coefficient (Wildman–Crippen LogP) is 1.85. The van der Waals surface area contributed by atoms with Gasteiger partial charge in [0.05, 0.1) is 16.6 Å². The lowest BCUT2D eigenvalue weighted by atomic mass is 10.2. The minimum atomic E-state index is -3.72. The highest BCUT2D eigenvalue weighted by Crippen LogP contribution is 2.23. The van der Waals surface area contributed by atoms with E-state index in [9.17, 15) is 13.2 Å². The SMILES string of the molecule is CCC(CNS(=O)(=O)c1ccc(C(=O)O)cc1Br)OC. The summed E-state index contributed by atoms with van der Waals surface area (Å²) < 4.78 is 32.0. The lowest BCUT2D eigenvalue weighted by Crippen LogP contribution is -2.33. The third kappa shape index (κ3) is 4.27. The van der Waals surface area contributed by atoms with E-state index in [-0.39, 0.29) is 27.6 Å². The van der Waals surface area contributed by atoms with Gasteiger partial charge in [-0.3, -0.25) is 0 Å². The fourth-order valence-corrected chi connectivity index (χ4v) is 3.67. The van der Waals surface area contributed by atoms with Crippen LogP contribution < -0.4 is 4.72 Å². The van der Waals surface area contributed by atoms with Gasteiger partial charge in [-0.2, -0.15) is 0 Å². The maximum Gasteiger partial charge on any atom is 0.335 e. The van der Waals surface area contributed by atoms with Gasteiger partial charge < -0.3 is 9.84 Å². The molecule has 0 spiro atoms. The standard InChI is InChI=1S/C12H16BrNO5S/c1-3-9(19-2)7-14-20(17,18)11-5-4-8(12(15)16)6-10(11)13/h4-6,9,14H,3,7H2,1-2H3,(H,15,16). The second-order valence-corrected chi connectivity index (χ2v) is 6.66. The average molecular weight is 366 g/mol. The van der Waals surface area contributed by atoms with Gasteiger partial charge in [0, 0.05) is 18.1 Å². The Morgan fingerprint density at radius 2 is 2.15 bits per heavy atom. The van der Waals surface area contributed by atoms with Crippen molar-refractivity contribution >= 4 is 31.9 Å². The van der Waals surface area contributed by atoms with Gasteiger partial charge in [-0.25, -0.2) is 17.9 Å². The number of ether oxygens (including phenoxy) is 1. The smallest absolute Gasteiger partial charge is 0.335 e. The number of halogens is 1. The molecule has 6 nitrogen and oxygen atoms in total.